The molecule has 0 saturated carbocycles. The molecular formula is C34H66O3S3. The number of hydrogen-bond acceptors (Lipinski definition) is 5. The maximum absolute atomic E-state index is 12.7. The van der Waals surface area contributed by atoms with E-state index in [4.69, 9.17) is 0 Å². The average Bonchev–Trinajstić information content (AvgIpc) is 2.94. The van der Waals surface area contributed by atoms with Crippen molar-refractivity contribution in [2.75, 3.05) is 5.75 Å². The predicted octanol–water partition coefficient (Wildman–Crippen LogP) is 13.2. The molecular weight excluding hydrogens is 553 g/mol. The van der Waals surface area contributed by atoms with Gasteiger partial charge in [-0.1, -0.05) is 185 Å². The van der Waals surface area contributed by atoms with Crippen LogP contribution in [0, 0.1) is 5.41 Å². The molecule has 0 aromatic carbocycles. The average molecular weight is 619 g/mol. The van der Waals surface area contributed by atoms with Crippen molar-refractivity contribution in [1.82, 2.24) is 0 Å². The quantitative estimate of drug-likeness (QED) is 0.0460. The van der Waals surface area contributed by atoms with Crippen LogP contribution in [0.3, 0.4) is 0 Å². The monoisotopic (exact) mass is 618 g/mol. The number of rotatable bonds is 32. The molecule has 0 amide bonds. The van der Waals surface area contributed by atoms with E-state index >= 15 is 0 Å². The van der Waals surface area contributed by atoms with Crippen LogP contribution in [-0.2, 0) is 9.59 Å². The van der Waals surface area contributed by atoms with Crippen molar-refractivity contribution >= 4 is 42.5 Å². The fourth-order valence-electron chi connectivity index (χ4n) is 5.15. The molecule has 3 nitrogen and oxygen atoms in total. The van der Waals surface area contributed by atoms with Crippen molar-refractivity contribution in [3.05, 3.63) is 0 Å². The van der Waals surface area contributed by atoms with Crippen LogP contribution < -0.4 is 0 Å². The Morgan fingerprint density at radius 2 is 0.850 bits per heavy atom. The fourth-order valence-corrected chi connectivity index (χ4v) is 9.07. The molecule has 6 heteroatoms. The molecule has 1 unspecified atom stereocenters. The Balaban J connectivity index is 3.68. The van der Waals surface area contributed by atoms with E-state index in [-0.39, 0.29) is 5.12 Å². The van der Waals surface area contributed by atoms with E-state index in [1.807, 2.05) is 0 Å². The van der Waals surface area contributed by atoms with Crippen LogP contribution in [0.1, 0.15) is 194 Å². The Hall–Kier alpha value is 0.190. The summed E-state index contributed by atoms with van der Waals surface area (Å²) in [5, 5.41) is 9.59. The maximum Gasteiger partial charge on any atom is 0.317 e. The summed E-state index contributed by atoms with van der Waals surface area (Å²) in [6.07, 6.45) is 34.5. The van der Waals surface area contributed by atoms with Crippen LogP contribution in [0.5, 0.6) is 0 Å². The molecule has 0 aromatic heterocycles. The number of aliphatic carboxylic acids is 1. The van der Waals surface area contributed by atoms with Crippen LogP contribution in [0.25, 0.3) is 0 Å². The number of carbonyl (C=O) groups is 2. The Morgan fingerprint density at radius 3 is 1.20 bits per heavy atom. The number of hydrogen-bond donors (Lipinski definition) is 1. The van der Waals surface area contributed by atoms with Gasteiger partial charge in [0, 0.05) is 5.75 Å². The van der Waals surface area contributed by atoms with Crippen LogP contribution in [0.2, 0.25) is 0 Å². The molecule has 238 valence electrons. The lowest BCUT2D eigenvalue weighted by Crippen LogP contribution is -2.34. The third-order valence-corrected chi connectivity index (χ3v) is 12.3. The van der Waals surface area contributed by atoms with Gasteiger partial charge in [0.05, 0.1) is 0 Å². The molecule has 0 aliphatic carbocycles. The highest BCUT2D eigenvalue weighted by molar-refractivity contribution is 9.12. The van der Waals surface area contributed by atoms with Crippen LogP contribution >= 0.6 is 31.4 Å². The standard InChI is InChI=1S/C34H66O3S3/c1-4-6-8-10-12-14-16-17-18-19-20-21-22-24-26-28-30-34(3,32(35)36)33(37)39-40-38-31-29-27-25-23-15-13-11-9-7-5-2/h4-31H2,1-3H3,(H,35,36). The molecule has 0 radical (unpaired) electrons. The molecule has 0 bridgehead atoms. The first-order valence-corrected chi connectivity index (χ1v) is 20.9. The van der Waals surface area contributed by atoms with Crippen molar-refractivity contribution in [3.8, 4) is 0 Å². The van der Waals surface area contributed by atoms with Gasteiger partial charge in [0.25, 0.3) is 0 Å². The van der Waals surface area contributed by atoms with Gasteiger partial charge in [0.2, 0.25) is 5.12 Å². The van der Waals surface area contributed by atoms with Crippen molar-refractivity contribution in [2.24, 2.45) is 5.41 Å². The summed E-state index contributed by atoms with van der Waals surface area (Å²) in [6, 6.07) is 0. The number of unbranched alkanes of at least 4 members (excludes halogenated alkanes) is 24. The van der Waals surface area contributed by atoms with Crippen LogP contribution in [0.4, 0.5) is 0 Å². The normalized spacial score (nSPS) is 13.0. The fraction of sp³-hybridized carbons (Fsp3) is 0.941. The number of carboxylic acids is 1. The van der Waals surface area contributed by atoms with Crippen molar-refractivity contribution in [1.29, 1.82) is 0 Å². The predicted molar refractivity (Wildman–Crippen MR) is 184 cm³/mol. The van der Waals surface area contributed by atoms with Gasteiger partial charge in [0.15, 0.2) is 0 Å². The van der Waals surface area contributed by atoms with E-state index in [1.165, 1.54) is 158 Å². The molecule has 1 atom stereocenters. The Morgan fingerprint density at radius 1 is 0.525 bits per heavy atom. The summed E-state index contributed by atoms with van der Waals surface area (Å²) in [6.45, 7) is 6.17. The highest BCUT2D eigenvalue weighted by atomic mass is 33.5. The molecule has 0 spiro atoms. The number of carboxylic acid groups (broad SMARTS) is 1. The van der Waals surface area contributed by atoms with Crippen molar-refractivity contribution in [2.45, 2.75) is 194 Å². The first-order chi connectivity index (χ1) is 19.5. The van der Waals surface area contributed by atoms with E-state index in [2.05, 4.69) is 13.8 Å². The zero-order chi connectivity index (χ0) is 29.6. The Bertz CT molecular complexity index is 573. The van der Waals surface area contributed by atoms with E-state index in [0.717, 1.165) is 35.8 Å². The molecule has 0 saturated heterocycles. The summed E-state index contributed by atoms with van der Waals surface area (Å²) in [5.41, 5.74) is -1.26. The van der Waals surface area contributed by atoms with E-state index in [9.17, 15) is 14.7 Å². The second-order valence-electron chi connectivity index (χ2n) is 12.1. The third-order valence-electron chi connectivity index (χ3n) is 8.19. The lowest BCUT2D eigenvalue weighted by Gasteiger charge is -2.22. The zero-order valence-corrected chi connectivity index (χ0v) is 29.2. The summed E-state index contributed by atoms with van der Waals surface area (Å²) in [7, 11) is 4.31. The Kier molecular flexibility index (Phi) is 30.8. The SMILES string of the molecule is CCCCCCCCCCCCCCCCCCC(C)(C(=O)O)C(=O)SSSCCCCCCCCCCCC. The van der Waals surface area contributed by atoms with Gasteiger partial charge in [-0.3, -0.25) is 9.59 Å². The van der Waals surface area contributed by atoms with Gasteiger partial charge in [-0.15, -0.1) is 0 Å². The van der Waals surface area contributed by atoms with E-state index < -0.39 is 11.4 Å². The molecule has 40 heavy (non-hydrogen) atoms. The van der Waals surface area contributed by atoms with E-state index in [1.54, 1.807) is 17.7 Å². The van der Waals surface area contributed by atoms with Gasteiger partial charge >= 0.3 is 5.97 Å². The van der Waals surface area contributed by atoms with Gasteiger partial charge in [0.1, 0.15) is 5.41 Å². The topological polar surface area (TPSA) is 54.4 Å². The van der Waals surface area contributed by atoms with Crippen molar-refractivity contribution in [3.63, 3.8) is 0 Å². The van der Waals surface area contributed by atoms with Gasteiger partial charge in [-0.2, -0.15) is 0 Å². The van der Waals surface area contributed by atoms with Crippen LogP contribution in [-0.4, -0.2) is 21.9 Å². The maximum atomic E-state index is 12.7. The van der Waals surface area contributed by atoms with Crippen molar-refractivity contribution < 1.29 is 14.7 Å². The first-order valence-electron chi connectivity index (χ1n) is 17.2. The second-order valence-corrected chi connectivity index (χ2v) is 16.3. The van der Waals surface area contributed by atoms with Gasteiger partial charge in [-0.25, -0.2) is 0 Å². The first kappa shape index (κ1) is 40.2. The summed E-state index contributed by atoms with van der Waals surface area (Å²) >= 11 is 0. The van der Waals surface area contributed by atoms with E-state index in [0.29, 0.717) is 6.42 Å². The number of carbonyl (C=O) groups excluding carboxylic acids is 1. The lowest BCUT2D eigenvalue weighted by atomic mass is 9.86. The largest absolute Gasteiger partial charge is 0.480 e. The molecule has 0 fully saturated rings. The lowest BCUT2D eigenvalue weighted by molar-refractivity contribution is -0.151. The highest BCUT2D eigenvalue weighted by Crippen LogP contribution is 2.42. The minimum absolute atomic E-state index is 0.193. The molecule has 0 aliphatic rings. The van der Waals surface area contributed by atoms with Crippen LogP contribution in [0.15, 0.2) is 0 Å². The Labute approximate surface area is 261 Å². The summed E-state index contributed by atoms with van der Waals surface area (Å²) in [4.78, 5) is 24.7. The molecule has 0 aromatic rings. The van der Waals surface area contributed by atoms with Gasteiger partial charge < -0.3 is 5.11 Å². The van der Waals surface area contributed by atoms with Gasteiger partial charge in [-0.05, 0) is 40.4 Å². The molecule has 0 aliphatic heterocycles. The minimum atomic E-state index is -1.26. The second kappa shape index (κ2) is 30.6. The summed E-state index contributed by atoms with van der Waals surface area (Å²) < 4.78 is 0. The molecule has 0 heterocycles. The molecule has 1 N–H and O–H groups in total. The zero-order valence-electron chi connectivity index (χ0n) is 26.8. The highest BCUT2D eigenvalue weighted by Gasteiger charge is 2.41. The third kappa shape index (κ3) is 24.8. The summed E-state index contributed by atoms with van der Waals surface area (Å²) in [5.74, 6) is 0.0657. The smallest absolute Gasteiger partial charge is 0.317 e. The molecule has 0 rings (SSSR count). The minimum Gasteiger partial charge on any atom is -0.480 e.